The van der Waals surface area contributed by atoms with E-state index in [2.05, 4.69) is 29.5 Å². The van der Waals surface area contributed by atoms with Gasteiger partial charge in [0.05, 0.1) is 5.56 Å². The first-order chi connectivity index (χ1) is 9.86. The van der Waals surface area contributed by atoms with Crippen molar-refractivity contribution in [3.8, 4) is 0 Å². The van der Waals surface area contributed by atoms with Crippen LogP contribution >= 0.6 is 0 Å². The zero-order valence-electron chi connectivity index (χ0n) is 12.6. The first-order valence-electron chi connectivity index (χ1n) is 7.00. The lowest BCUT2D eigenvalue weighted by Gasteiger charge is -2.16. The maximum absolute atomic E-state index is 12.4. The number of nitrogens with zero attached hydrogens (tertiary/aromatic N) is 1. The highest BCUT2D eigenvalue weighted by Gasteiger charge is 2.29. The summed E-state index contributed by atoms with van der Waals surface area (Å²) in [6, 6.07) is 5.57. The minimum absolute atomic E-state index is 0.322. The third kappa shape index (κ3) is 6.06. The van der Waals surface area contributed by atoms with Crippen molar-refractivity contribution in [2.75, 3.05) is 13.6 Å². The molecule has 0 heterocycles. The van der Waals surface area contributed by atoms with E-state index in [4.69, 9.17) is 0 Å². The Labute approximate surface area is 123 Å². The number of nitrogens with one attached hydrogen (secondary N) is 2. The highest BCUT2D eigenvalue weighted by atomic mass is 19.4. The van der Waals surface area contributed by atoms with Crippen LogP contribution in [0.1, 0.15) is 31.4 Å². The number of hydrogen-bond acceptors (Lipinski definition) is 1. The summed E-state index contributed by atoms with van der Waals surface area (Å²) < 4.78 is 37.3. The van der Waals surface area contributed by atoms with Crippen molar-refractivity contribution in [3.63, 3.8) is 0 Å². The van der Waals surface area contributed by atoms with Crippen molar-refractivity contribution in [1.82, 2.24) is 10.6 Å². The highest BCUT2D eigenvalue weighted by molar-refractivity contribution is 5.79. The van der Waals surface area contributed by atoms with Crippen molar-refractivity contribution < 1.29 is 13.2 Å². The van der Waals surface area contributed by atoms with Crippen molar-refractivity contribution in [1.29, 1.82) is 0 Å². The number of alkyl halides is 3. The summed E-state index contributed by atoms with van der Waals surface area (Å²) in [5.41, 5.74) is 0.239. The molecule has 0 fully saturated rings. The molecule has 0 radical (unpaired) electrons. The van der Waals surface area contributed by atoms with E-state index in [0.29, 0.717) is 25.0 Å². The molecule has 0 bridgehead atoms. The smallest absolute Gasteiger partial charge is 0.356 e. The van der Waals surface area contributed by atoms with Crippen molar-refractivity contribution in [3.05, 3.63) is 35.4 Å². The second-order valence-electron chi connectivity index (χ2n) is 4.90. The molecule has 0 saturated carbocycles. The Bertz CT molecular complexity index is 452. The van der Waals surface area contributed by atoms with Crippen LogP contribution in [0.4, 0.5) is 13.2 Å². The summed E-state index contributed by atoms with van der Waals surface area (Å²) >= 11 is 0. The Morgan fingerprint density at radius 1 is 1.24 bits per heavy atom. The number of hydrogen-bond donors (Lipinski definition) is 2. The minimum atomic E-state index is -4.28. The molecule has 0 aliphatic rings. The second-order valence-corrected chi connectivity index (χ2v) is 4.90. The molecule has 3 nitrogen and oxygen atoms in total. The Morgan fingerprint density at radius 3 is 2.33 bits per heavy atom. The Balaban J connectivity index is 2.45. The summed E-state index contributed by atoms with van der Waals surface area (Å²) in [6.07, 6.45) is -2.65. The maximum Gasteiger partial charge on any atom is 0.416 e. The van der Waals surface area contributed by atoms with Crippen molar-refractivity contribution in [2.24, 2.45) is 4.99 Å². The molecule has 0 spiro atoms. The van der Waals surface area contributed by atoms with Crippen LogP contribution in [0.15, 0.2) is 29.3 Å². The average Bonchev–Trinajstić information content (AvgIpc) is 2.45. The van der Waals surface area contributed by atoms with Gasteiger partial charge in [0.2, 0.25) is 0 Å². The van der Waals surface area contributed by atoms with Gasteiger partial charge in [0.15, 0.2) is 5.96 Å². The van der Waals surface area contributed by atoms with Gasteiger partial charge in [-0.2, -0.15) is 13.2 Å². The number of aliphatic imine (C=N–C) groups is 1. The van der Waals surface area contributed by atoms with Gasteiger partial charge in [0.25, 0.3) is 0 Å². The highest BCUT2D eigenvalue weighted by Crippen LogP contribution is 2.29. The van der Waals surface area contributed by atoms with Crippen LogP contribution in [0, 0.1) is 0 Å². The third-order valence-corrected chi connectivity index (χ3v) is 3.21. The van der Waals surface area contributed by atoms with Crippen LogP contribution < -0.4 is 10.6 Å². The van der Waals surface area contributed by atoms with E-state index in [-0.39, 0.29) is 0 Å². The van der Waals surface area contributed by atoms with Crippen LogP contribution in [-0.4, -0.2) is 25.6 Å². The lowest BCUT2D eigenvalue weighted by Crippen LogP contribution is -2.42. The first-order valence-corrected chi connectivity index (χ1v) is 7.00. The van der Waals surface area contributed by atoms with Crippen molar-refractivity contribution >= 4 is 5.96 Å². The molecule has 21 heavy (non-hydrogen) atoms. The Kier molecular flexibility index (Phi) is 6.52. The molecule has 1 aromatic carbocycles. The molecular formula is C15H22F3N3. The first kappa shape index (κ1) is 17.3. The van der Waals surface area contributed by atoms with E-state index in [0.717, 1.165) is 24.1 Å². The summed E-state index contributed by atoms with van der Waals surface area (Å²) in [6.45, 7) is 4.75. The molecule has 0 amide bonds. The average molecular weight is 301 g/mol. The SMILES string of the molecule is CCC(C)NC(=NC)NCCc1ccc(C(F)(F)F)cc1. The predicted octanol–water partition coefficient (Wildman–Crippen LogP) is 3.21. The third-order valence-electron chi connectivity index (χ3n) is 3.21. The quantitative estimate of drug-likeness (QED) is 0.647. The van der Waals surface area contributed by atoms with Gasteiger partial charge in [-0.3, -0.25) is 4.99 Å². The number of halogens is 3. The molecule has 0 saturated heterocycles. The lowest BCUT2D eigenvalue weighted by molar-refractivity contribution is -0.137. The molecule has 0 aliphatic heterocycles. The van der Waals surface area contributed by atoms with Gasteiger partial charge in [0.1, 0.15) is 0 Å². The molecule has 2 N–H and O–H groups in total. The molecule has 0 aromatic heterocycles. The largest absolute Gasteiger partial charge is 0.416 e. The topological polar surface area (TPSA) is 36.4 Å². The van der Waals surface area contributed by atoms with E-state index in [1.165, 1.54) is 12.1 Å². The second kappa shape index (κ2) is 7.90. The van der Waals surface area contributed by atoms with E-state index in [1.807, 2.05) is 0 Å². The predicted molar refractivity (Wildman–Crippen MR) is 79.4 cm³/mol. The fraction of sp³-hybridized carbons (Fsp3) is 0.533. The van der Waals surface area contributed by atoms with E-state index in [1.54, 1.807) is 7.05 Å². The van der Waals surface area contributed by atoms with E-state index in [9.17, 15) is 13.2 Å². The molecule has 6 heteroatoms. The Hall–Kier alpha value is -1.72. The normalized spacial score (nSPS) is 13.9. The van der Waals surface area contributed by atoms with E-state index < -0.39 is 11.7 Å². The van der Waals surface area contributed by atoms with Crippen LogP contribution in [0.2, 0.25) is 0 Å². The van der Waals surface area contributed by atoms with Crippen LogP contribution in [0.25, 0.3) is 0 Å². The monoisotopic (exact) mass is 301 g/mol. The van der Waals surface area contributed by atoms with Crippen LogP contribution in [0.3, 0.4) is 0 Å². The zero-order valence-corrected chi connectivity index (χ0v) is 12.6. The minimum Gasteiger partial charge on any atom is -0.356 e. The molecule has 1 aromatic rings. The standard InChI is InChI=1S/C15H22F3N3/c1-4-11(2)21-14(19-3)20-10-9-12-5-7-13(8-6-12)15(16,17)18/h5-8,11H,4,9-10H2,1-3H3,(H2,19,20,21). The fourth-order valence-electron chi connectivity index (χ4n) is 1.72. The van der Waals surface area contributed by atoms with Gasteiger partial charge in [-0.15, -0.1) is 0 Å². The molecular weight excluding hydrogens is 279 g/mol. The summed E-state index contributed by atoms with van der Waals surface area (Å²) in [5, 5.41) is 6.37. The van der Waals surface area contributed by atoms with Gasteiger partial charge in [0, 0.05) is 19.6 Å². The molecule has 0 aliphatic carbocycles. The summed E-state index contributed by atoms with van der Waals surface area (Å²) in [7, 11) is 1.69. The van der Waals surface area contributed by atoms with Crippen molar-refractivity contribution in [2.45, 2.75) is 38.9 Å². The fourth-order valence-corrected chi connectivity index (χ4v) is 1.72. The number of benzene rings is 1. The van der Waals surface area contributed by atoms with Gasteiger partial charge in [-0.1, -0.05) is 19.1 Å². The van der Waals surface area contributed by atoms with Gasteiger partial charge in [-0.05, 0) is 37.5 Å². The van der Waals surface area contributed by atoms with Gasteiger partial charge in [-0.25, -0.2) is 0 Å². The zero-order chi connectivity index (χ0) is 15.9. The number of rotatable bonds is 5. The number of guanidine groups is 1. The molecule has 118 valence electrons. The lowest BCUT2D eigenvalue weighted by atomic mass is 10.1. The maximum atomic E-state index is 12.4. The molecule has 1 rings (SSSR count). The van der Waals surface area contributed by atoms with Crippen LogP contribution in [0.5, 0.6) is 0 Å². The summed E-state index contributed by atoms with van der Waals surface area (Å²) in [5.74, 6) is 0.705. The van der Waals surface area contributed by atoms with Gasteiger partial charge < -0.3 is 10.6 Å². The molecule has 1 atom stereocenters. The molecule has 1 unspecified atom stereocenters. The van der Waals surface area contributed by atoms with E-state index >= 15 is 0 Å². The summed E-state index contributed by atoms with van der Waals surface area (Å²) in [4.78, 5) is 4.10. The van der Waals surface area contributed by atoms with Crippen LogP contribution in [-0.2, 0) is 12.6 Å². The Morgan fingerprint density at radius 2 is 1.86 bits per heavy atom. The van der Waals surface area contributed by atoms with Gasteiger partial charge >= 0.3 is 6.18 Å².